The van der Waals surface area contributed by atoms with Gasteiger partial charge >= 0.3 is 0 Å². The van der Waals surface area contributed by atoms with E-state index in [0.29, 0.717) is 29.2 Å². The van der Waals surface area contributed by atoms with E-state index in [1.165, 1.54) is 30.1 Å². The fraction of sp³-hybridized carbons (Fsp3) is 0.613. The zero-order valence-electron chi connectivity index (χ0n) is 22.5. The number of rotatable bonds is 17. The third-order valence-electron chi connectivity index (χ3n) is 7.24. The first-order valence-corrected chi connectivity index (χ1v) is 12.7. The van der Waals surface area contributed by atoms with Gasteiger partial charge in [-0.3, -0.25) is 0 Å². The maximum absolute atomic E-state index is 13.4. The third-order valence-corrected chi connectivity index (χ3v) is 7.24. The van der Waals surface area contributed by atoms with E-state index in [1.54, 1.807) is 0 Å². The summed E-state index contributed by atoms with van der Waals surface area (Å²) in [6, 6.07) is 0. The van der Waals surface area contributed by atoms with E-state index in [4.69, 9.17) is 0 Å². The van der Waals surface area contributed by atoms with E-state index >= 15 is 0 Å². The summed E-state index contributed by atoms with van der Waals surface area (Å²) >= 11 is 0. The van der Waals surface area contributed by atoms with Crippen LogP contribution in [0.15, 0.2) is 72.9 Å². The Morgan fingerprint density at radius 1 is 0.576 bits per heavy atom. The van der Waals surface area contributed by atoms with Gasteiger partial charge in [0.05, 0.1) is 0 Å². The predicted molar refractivity (Wildman–Crippen MR) is 144 cm³/mol. The van der Waals surface area contributed by atoms with Gasteiger partial charge in [0, 0.05) is 0 Å². The zero-order chi connectivity index (χ0) is 25.7. The van der Waals surface area contributed by atoms with Crippen molar-refractivity contribution < 1.29 is 8.78 Å². The van der Waals surface area contributed by atoms with Gasteiger partial charge in [-0.1, -0.05) is 105 Å². The first kappa shape index (κ1) is 31.3. The van der Waals surface area contributed by atoms with E-state index in [-0.39, 0.29) is 5.92 Å². The molecule has 0 saturated carbocycles. The number of allylic oxidation sites excluding steroid dienone is 8. The van der Waals surface area contributed by atoms with E-state index in [1.807, 2.05) is 6.92 Å². The highest BCUT2D eigenvalue weighted by Gasteiger charge is 2.17. The van der Waals surface area contributed by atoms with Crippen LogP contribution >= 0.6 is 0 Å². The highest BCUT2D eigenvalue weighted by atomic mass is 19.2. The molecule has 5 atom stereocenters. The van der Waals surface area contributed by atoms with Gasteiger partial charge in [-0.25, -0.2) is 8.78 Å². The molecule has 0 rings (SSSR count). The molecule has 0 heterocycles. The molecule has 5 unspecified atom stereocenters. The molecule has 0 spiro atoms. The van der Waals surface area contributed by atoms with Gasteiger partial charge in [0.25, 0.3) is 0 Å². The van der Waals surface area contributed by atoms with Crippen molar-refractivity contribution >= 4 is 0 Å². The van der Waals surface area contributed by atoms with Crippen LogP contribution in [0.3, 0.4) is 0 Å². The zero-order valence-corrected chi connectivity index (χ0v) is 22.5. The Hall–Kier alpha value is -1.70. The van der Waals surface area contributed by atoms with Crippen molar-refractivity contribution in [3.05, 3.63) is 72.9 Å². The van der Waals surface area contributed by atoms with Crippen LogP contribution in [0.25, 0.3) is 0 Å². The molecule has 2 heteroatoms. The van der Waals surface area contributed by atoms with E-state index < -0.39 is 11.7 Å². The Balaban J connectivity index is 4.47. The molecule has 188 valence electrons. The Morgan fingerprint density at radius 2 is 0.939 bits per heavy atom. The second-order valence-corrected chi connectivity index (χ2v) is 10.7. The van der Waals surface area contributed by atoms with Gasteiger partial charge in [0.1, 0.15) is 0 Å². The molecule has 0 bridgehead atoms. The van der Waals surface area contributed by atoms with Crippen LogP contribution in [0.5, 0.6) is 0 Å². The summed E-state index contributed by atoms with van der Waals surface area (Å²) in [5.74, 6) is 0.975. The molecule has 0 aliphatic heterocycles. The molecule has 0 nitrogen and oxygen atoms in total. The average Bonchev–Trinajstić information content (AvgIpc) is 2.76. The lowest BCUT2D eigenvalue weighted by Gasteiger charge is -2.23. The molecule has 0 aromatic rings. The highest BCUT2D eigenvalue weighted by Crippen LogP contribution is 2.29. The van der Waals surface area contributed by atoms with Crippen LogP contribution in [0.2, 0.25) is 0 Å². The summed E-state index contributed by atoms with van der Waals surface area (Å²) < 4.78 is 26.2. The largest absolute Gasteiger partial charge is 0.204 e. The SMILES string of the molecule is C=C(F)/C(F)=C\C(=C)C(C)CCC(C)C(C)CCC(C)C(=C)/C=C\C(=C)C(C)CCC(C)C. The molecule has 0 fully saturated rings. The third kappa shape index (κ3) is 13.6. The van der Waals surface area contributed by atoms with Gasteiger partial charge in [0.15, 0.2) is 11.7 Å². The van der Waals surface area contributed by atoms with Crippen LogP contribution in [-0.2, 0) is 0 Å². The van der Waals surface area contributed by atoms with Crippen LogP contribution in [0.4, 0.5) is 8.78 Å². The van der Waals surface area contributed by atoms with E-state index in [9.17, 15) is 8.78 Å². The van der Waals surface area contributed by atoms with Crippen LogP contribution < -0.4 is 0 Å². The fourth-order valence-electron chi connectivity index (χ4n) is 3.66. The minimum atomic E-state index is -1.04. The average molecular weight is 461 g/mol. The lowest BCUT2D eigenvalue weighted by Crippen LogP contribution is -2.12. The molecule has 0 aromatic heterocycles. The molecular formula is C31H50F2. The molecule has 0 N–H and O–H groups in total. The maximum atomic E-state index is 13.4. The first-order chi connectivity index (χ1) is 15.3. The molecule has 33 heavy (non-hydrogen) atoms. The summed E-state index contributed by atoms with van der Waals surface area (Å²) in [5.41, 5.74) is 2.97. The van der Waals surface area contributed by atoms with Gasteiger partial charge in [-0.15, -0.1) is 0 Å². The van der Waals surface area contributed by atoms with Crippen molar-refractivity contribution in [3.63, 3.8) is 0 Å². The Bertz CT molecular complexity index is 706. The molecule has 0 radical (unpaired) electrons. The van der Waals surface area contributed by atoms with Gasteiger partial charge in [-0.05, 0) is 79.3 Å². The molecule has 0 saturated heterocycles. The first-order valence-electron chi connectivity index (χ1n) is 12.7. The van der Waals surface area contributed by atoms with Crippen LogP contribution in [-0.4, -0.2) is 0 Å². The molecule has 0 aliphatic rings. The normalized spacial score (nSPS) is 17.0. The summed E-state index contributed by atoms with van der Waals surface area (Å²) in [4.78, 5) is 0. The smallest absolute Gasteiger partial charge is 0.158 e. The van der Waals surface area contributed by atoms with Crippen molar-refractivity contribution in [2.24, 2.45) is 35.5 Å². The van der Waals surface area contributed by atoms with Crippen molar-refractivity contribution in [2.45, 2.75) is 87.0 Å². The Kier molecular flexibility index (Phi) is 15.2. The molecule has 0 amide bonds. The maximum Gasteiger partial charge on any atom is 0.158 e. The second-order valence-electron chi connectivity index (χ2n) is 10.7. The van der Waals surface area contributed by atoms with Crippen molar-refractivity contribution in [1.29, 1.82) is 0 Å². The monoisotopic (exact) mass is 460 g/mol. The lowest BCUT2D eigenvalue weighted by molar-refractivity contribution is 0.309. The highest BCUT2D eigenvalue weighted by molar-refractivity contribution is 5.28. The number of halogens is 2. The number of hydrogen-bond donors (Lipinski definition) is 0. The van der Waals surface area contributed by atoms with Crippen molar-refractivity contribution in [2.75, 3.05) is 0 Å². The van der Waals surface area contributed by atoms with Crippen molar-refractivity contribution in [1.82, 2.24) is 0 Å². The molecule has 0 aliphatic carbocycles. The van der Waals surface area contributed by atoms with Gasteiger partial charge in [0.2, 0.25) is 0 Å². The lowest BCUT2D eigenvalue weighted by atomic mass is 9.82. The fourth-order valence-corrected chi connectivity index (χ4v) is 3.66. The van der Waals surface area contributed by atoms with E-state index in [2.05, 4.69) is 80.0 Å². The van der Waals surface area contributed by atoms with E-state index in [0.717, 1.165) is 31.6 Å². The van der Waals surface area contributed by atoms with Gasteiger partial charge < -0.3 is 0 Å². The topological polar surface area (TPSA) is 0 Å². The molecule has 0 aromatic carbocycles. The minimum absolute atomic E-state index is 0.115. The Morgan fingerprint density at radius 3 is 1.30 bits per heavy atom. The summed E-state index contributed by atoms with van der Waals surface area (Å²) in [7, 11) is 0. The summed E-state index contributed by atoms with van der Waals surface area (Å²) in [6.07, 6.45) is 12.1. The van der Waals surface area contributed by atoms with Gasteiger partial charge in [-0.2, -0.15) is 0 Å². The van der Waals surface area contributed by atoms with Crippen LogP contribution in [0, 0.1) is 35.5 Å². The second kappa shape index (κ2) is 16.0. The quantitative estimate of drug-likeness (QED) is 0.189. The predicted octanol–water partition coefficient (Wildman–Crippen LogP) is 10.7. The Labute approximate surface area is 204 Å². The summed E-state index contributed by atoms with van der Waals surface area (Å²) in [5, 5.41) is 0. The van der Waals surface area contributed by atoms with Crippen LogP contribution in [0.1, 0.15) is 87.0 Å². The summed E-state index contributed by atoms with van der Waals surface area (Å²) in [6.45, 7) is 31.1. The molecular weight excluding hydrogens is 410 g/mol. The standard InChI is InChI=1S/C31H50F2/c1-21(2)12-13-22(3)23(4)14-15-24(5)25(6)16-17-26(7)27(8)18-19-28(9)29(10)20-31(33)30(11)32/h14-15,20-22,25-28H,4-5,10-13,16-19H2,1-3,6-9H3/b15-14-,31-20+. The van der Waals surface area contributed by atoms with Crippen molar-refractivity contribution in [3.8, 4) is 0 Å². The minimum Gasteiger partial charge on any atom is -0.204 e. The number of hydrogen-bond acceptors (Lipinski definition) is 0.